The molecule has 1 amide bonds. The van der Waals surface area contributed by atoms with E-state index in [0.717, 1.165) is 67.6 Å². The largest absolute Gasteiger partial charge is 0.354 e. The predicted octanol–water partition coefficient (Wildman–Crippen LogP) is 3.67. The van der Waals surface area contributed by atoms with Crippen molar-refractivity contribution in [2.75, 3.05) is 65.2 Å². The molecule has 0 radical (unpaired) electrons. The molecular formula is C28H38ClN7O3S2. The van der Waals surface area contributed by atoms with Crippen molar-refractivity contribution >= 4 is 54.9 Å². The molecule has 222 valence electrons. The highest BCUT2D eigenvalue weighted by molar-refractivity contribution is 7.91. The summed E-state index contributed by atoms with van der Waals surface area (Å²) < 4.78 is 29.4. The van der Waals surface area contributed by atoms with Gasteiger partial charge in [-0.05, 0) is 95.0 Å². The topological polar surface area (TPSA) is 111 Å². The molecule has 2 saturated heterocycles. The van der Waals surface area contributed by atoms with Crippen LogP contribution in [0.3, 0.4) is 0 Å². The number of aromatic nitrogens is 2. The summed E-state index contributed by atoms with van der Waals surface area (Å²) in [5, 5.41) is 8.12. The van der Waals surface area contributed by atoms with Gasteiger partial charge in [0.15, 0.2) is 0 Å². The third kappa shape index (κ3) is 7.18. The van der Waals surface area contributed by atoms with E-state index in [-0.39, 0.29) is 35.2 Å². The van der Waals surface area contributed by atoms with E-state index in [1.165, 1.54) is 15.6 Å². The second-order valence-corrected chi connectivity index (χ2v) is 14.6. The number of carbonyl (C=O) groups is 1. The van der Waals surface area contributed by atoms with Gasteiger partial charge in [0, 0.05) is 35.6 Å². The van der Waals surface area contributed by atoms with Crippen LogP contribution in [0, 0.1) is 5.92 Å². The number of anilines is 1. The van der Waals surface area contributed by atoms with E-state index in [9.17, 15) is 13.2 Å². The Hall–Kier alpha value is -2.35. The number of benzene rings is 1. The Morgan fingerprint density at radius 1 is 1.17 bits per heavy atom. The van der Waals surface area contributed by atoms with Gasteiger partial charge < -0.3 is 20.4 Å². The average Bonchev–Trinajstić information content (AvgIpc) is 3.39. The van der Waals surface area contributed by atoms with Crippen LogP contribution in [0.1, 0.15) is 37.4 Å². The number of fused-ring (bicyclic) bond motifs is 1. The van der Waals surface area contributed by atoms with Crippen LogP contribution in [0.15, 0.2) is 40.7 Å². The summed E-state index contributed by atoms with van der Waals surface area (Å²) in [6.45, 7) is 3.90. The van der Waals surface area contributed by atoms with Crippen LogP contribution in [0.4, 0.5) is 5.95 Å². The fraction of sp³-hybridized carbons (Fsp3) is 0.536. The molecule has 0 saturated carbocycles. The summed E-state index contributed by atoms with van der Waals surface area (Å²) in [5.41, 5.74) is 0.800. The molecule has 0 bridgehead atoms. The molecule has 1 unspecified atom stereocenters. The van der Waals surface area contributed by atoms with Crippen molar-refractivity contribution in [1.82, 2.24) is 29.4 Å². The zero-order valence-electron chi connectivity index (χ0n) is 23.6. The number of hydrogen-bond acceptors (Lipinski definition) is 9. The van der Waals surface area contributed by atoms with Crippen LogP contribution in [-0.2, 0) is 14.8 Å². The van der Waals surface area contributed by atoms with Crippen molar-refractivity contribution in [2.45, 2.75) is 35.9 Å². The summed E-state index contributed by atoms with van der Waals surface area (Å²) in [4.78, 5) is 27.0. The normalized spacial score (nSPS) is 18.3. The lowest BCUT2D eigenvalue weighted by molar-refractivity contribution is -0.138. The number of carbonyl (C=O) groups excluding carboxylic acids is 1. The van der Waals surface area contributed by atoms with E-state index in [1.54, 1.807) is 24.4 Å². The Kier molecular flexibility index (Phi) is 9.77. The molecule has 5 rings (SSSR count). The van der Waals surface area contributed by atoms with E-state index in [1.807, 2.05) is 17.0 Å². The highest BCUT2D eigenvalue weighted by atomic mass is 35.5. The smallest absolute Gasteiger partial charge is 0.253 e. The summed E-state index contributed by atoms with van der Waals surface area (Å²) in [6.07, 6.45) is 5.66. The number of unbranched alkanes of at least 4 members (excludes halogenated alkanes) is 1. The zero-order chi connectivity index (χ0) is 29.0. The van der Waals surface area contributed by atoms with Crippen molar-refractivity contribution in [1.29, 1.82) is 0 Å². The molecule has 2 N–H and O–H groups in total. The first kappa shape index (κ1) is 30.1. The van der Waals surface area contributed by atoms with Crippen molar-refractivity contribution in [3.8, 4) is 0 Å². The van der Waals surface area contributed by atoms with Crippen LogP contribution in [-0.4, -0.2) is 98.3 Å². The number of hydrogen-bond donors (Lipinski definition) is 2. The first-order valence-electron chi connectivity index (χ1n) is 14.1. The molecule has 0 spiro atoms. The fourth-order valence-corrected chi connectivity index (χ4v) is 8.80. The molecule has 0 aliphatic carbocycles. The highest BCUT2D eigenvalue weighted by Gasteiger charge is 2.40. The van der Waals surface area contributed by atoms with Crippen molar-refractivity contribution < 1.29 is 13.2 Å². The van der Waals surface area contributed by atoms with Gasteiger partial charge in [-0.25, -0.2) is 18.4 Å². The Morgan fingerprint density at radius 2 is 1.98 bits per heavy atom. The summed E-state index contributed by atoms with van der Waals surface area (Å²) in [6, 6.07) is 8.64. The molecule has 4 heterocycles. The number of nitrogens with zero attached hydrogens (tertiary/aromatic N) is 5. The van der Waals surface area contributed by atoms with E-state index in [0.29, 0.717) is 17.5 Å². The van der Waals surface area contributed by atoms with Crippen molar-refractivity contribution in [2.24, 2.45) is 5.92 Å². The minimum absolute atomic E-state index is 0.194. The van der Waals surface area contributed by atoms with E-state index in [4.69, 9.17) is 16.6 Å². The SMILES string of the molecule is CN(C)CCCCNc1nccc(C(C2CCNCC2)N2CCN(S(=O)(=O)c3cc4ccc(Cl)cc4s3)CC2=O)n1. The maximum Gasteiger partial charge on any atom is 0.253 e. The van der Waals surface area contributed by atoms with Gasteiger partial charge in [0.2, 0.25) is 11.9 Å². The van der Waals surface area contributed by atoms with Gasteiger partial charge in [-0.3, -0.25) is 4.79 Å². The lowest BCUT2D eigenvalue weighted by Crippen LogP contribution is -2.54. The van der Waals surface area contributed by atoms with Gasteiger partial charge >= 0.3 is 0 Å². The second-order valence-electron chi connectivity index (χ2n) is 10.9. The van der Waals surface area contributed by atoms with Gasteiger partial charge in [0.25, 0.3) is 10.0 Å². The van der Waals surface area contributed by atoms with Crippen LogP contribution in [0.2, 0.25) is 5.02 Å². The molecular weight excluding hydrogens is 582 g/mol. The Labute approximate surface area is 251 Å². The third-order valence-corrected chi connectivity index (χ3v) is 11.4. The Balaban J connectivity index is 1.32. The third-order valence-electron chi connectivity index (χ3n) is 7.74. The van der Waals surface area contributed by atoms with Crippen molar-refractivity contribution in [3.63, 3.8) is 0 Å². The minimum Gasteiger partial charge on any atom is -0.354 e. The molecule has 41 heavy (non-hydrogen) atoms. The molecule has 1 aromatic carbocycles. The Morgan fingerprint density at radius 3 is 2.73 bits per heavy atom. The number of piperidine rings is 1. The number of thiophene rings is 1. The van der Waals surface area contributed by atoms with Crippen molar-refractivity contribution in [3.05, 3.63) is 47.2 Å². The molecule has 2 aliphatic rings. The lowest BCUT2D eigenvalue weighted by Gasteiger charge is -2.42. The van der Waals surface area contributed by atoms with Gasteiger partial charge in [-0.2, -0.15) is 4.31 Å². The predicted molar refractivity (Wildman–Crippen MR) is 164 cm³/mol. The molecule has 2 aliphatic heterocycles. The van der Waals surface area contributed by atoms with Crippen LogP contribution >= 0.6 is 22.9 Å². The summed E-state index contributed by atoms with van der Waals surface area (Å²) >= 11 is 7.29. The number of halogens is 1. The van der Waals surface area contributed by atoms with Gasteiger partial charge in [-0.1, -0.05) is 17.7 Å². The molecule has 1 atom stereocenters. The maximum atomic E-state index is 13.7. The van der Waals surface area contributed by atoms with E-state index >= 15 is 0 Å². The second kappa shape index (κ2) is 13.3. The molecule has 10 nitrogen and oxygen atoms in total. The first-order valence-corrected chi connectivity index (χ1v) is 16.8. The fourth-order valence-electron chi connectivity index (χ4n) is 5.59. The van der Waals surface area contributed by atoms with E-state index in [2.05, 4.69) is 34.6 Å². The first-order chi connectivity index (χ1) is 19.7. The van der Waals surface area contributed by atoms with Crippen LogP contribution < -0.4 is 10.6 Å². The van der Waals surface area contributed by atoms with Gasteiger partial charge in [-0.15, -0.1) is 11.3 Å². The highest BCUT2D eigenvalue weighted by Crippen LogP contribution is 2.37. The minimum atomic E-state index is -3.82. The van der Waals surface area contributed by atoms with Crippen LogP contribution in [0.25, 0.3) is 10.1 Å². The molecule has 2 fully saturated rings. The number of piperazine rings is 1. The standard InChI is InChI=1S/C28H38ClN7O3S2/c1-34(2)14-4-3-10-31-28-32-13-9-23(33-28)27(20-7-11-30-12-8-20)36-16-15-35(19-25(36)37)41(38,39)26-17-21-5-6-22(29)18-24(21)40-26/h5-6,9,13,17-18,20,27,30H,3-4,7-8,10-12,14-16,19H2,1-2H3,(H,31,32,33). The number of rotatable bonds is 11. The summed E-state index contributed by atoms with van der Waals surface area (Å²) in [5.74, 6) is 0.577. The Bertz CT molecular complexity index is 1460. The quantitative estimate of drug-likeness (QED) is 0.313. The zero-order valence-corrected chi connectivity index (χ0v) is 25.9. The molecule has 2 aromatic heterocycles. The summed E-state index contributed by atoms with van der Waals surface area (Å²) in [7, 11) is 0.312. The number of amides is 1. The average molecular weight is 620 g/mol. The van der Waals surface area contributed by atoms with Gasteiger partial charge in [0.1, 0.15) is 4.21 Å². The molecule has 13 heteroatoms. The monoisotopic (exact) mass is 619 g/mol. The number of sulfonamides is 1. The van der Waals surface area contributed by atoms with Crippen LogP contribution in [0.5, 0.6) is 0 Å². The lowest BCUT2D eigenvalue weighted by atomic mass is 9.86. The number of nitrogens with one attached hydrogen (secondary N) is 2. The van der Waals surface area contributed by atoms with Gasteiger partial charge in [0.05, 0.1) is 18.3 Å². The molecule has 3 aromatic rings. The maximum absolute atomic E-state index is 13.7. The van der Waals surface area contributed by atoms with E-state index < -0.39 is 10.0 Å².